The van der Waals surface area contributed by atoms with E-state index >= 15 is 0 Å². The van der Waals surface area contributed by atoms with Crippen LogP contribution in [-0.2, 0) is 46.7 Å². The second-order valence-electron chi connectivity index (χ2n) is 0.894. The van der Waals surface area contributed by atoms with E-state index in [1.54, 1.807) is 0 Å². The van der Waals surface area contributed by atoms with Crippen molar-refractivity contribution in [3.8, 4) is 0 Å². The van der Waals surface area contributed by atoms with Crippen molar-refractivity contribution < 1.29 is 76.0 Å². The second kappa shape index (κ2) is 8.98. The van der Waals surface area contributed by atoms with E-state index in [0.717, 1.165) is 0 Å². The van der Waals surface area contributed by atoms with Crippen LogP contribution in [0.2, 0.25) is 0 Å². The molecule has 0 aliphatic rings. The molecule has 8 nitrogen and oxygen atoms in total. The topological polar surface area (TPSA) is 172 Å². The Bertz CT molecular complexity index is 129. The van der Waals surface area contributed by atoms with Crippen LogP contribution in [-0.4, -0.2) is 0 Å². The van der Waals surface area contributed by atoms with E-state index < -0.39 is 15.6 Å². The molecule has 0 aliphatic heterocycles. The molecule has 0 aromatic rings. The van der Waals surface area contributed by atoms with Gasteiger partial charge in [-0.05, 0) is 0 Å². The Morgan fingerprint density at radius 1 is 0.667 bits per heavy atom. The summed E-state index contributed by atoms with van der Waals surface area (Å²) in [6.45, 7) is 0. The van der Waals surface area contributed by atoms with E-state index in [1.165, 1.54) is 0 Å². The molecular weight excluding hydrogens is 345 g/mol. The van der Waals surface area contributed by atoms with Crippen LogP contribution in [0.3, 0.4) is 0 Å². The summed E-state index contributed by atoms with van der Waals surface area (Å²) in [5.41, 5.74) is 0. The predicted molar refractivity (Wildman–Crippen MR) is 15.2 cm³/mol. The molecule has 0 bridgehead atoms. The summed E-state index contributed by atoms with van der Waals surface area (Å²) in [5.74, 6) is 0. The third kappa shape index (κ3) is 628. The molecule has 12 heavy (non-hydrogen) atoms. The van der Waals surface area contributed by atoms with Gasteiger partial charge in [0.15, 0.2) is 0 Å². The first kappa shape index (κ1) is 23.3. The SMILES string of the molecule is O=P([O-])([O-])[O-].O=P([O-])([O-])[O-].[Mo].[Ni]. The molecule has 0 spiro atoms. The third-order valence-corrected chi connectivity index (χ3v) is 0. The Morgan fingerprint density at radius 2 is 0.667 bits per heavy atom. The largest absolute Gasteiger partial charge is 0.822 e. The minimum absolute atomic E-state index is 0. The minimum Gasteiger partial charge on any atom is -0.822 e. The van der Waals surface area contributed by atoms with Gasteiger partial charge in [0.05, 0.1) is 0 Å². The molecule has 0 rings (SSSR count). The van der Waals surface area contributed by atoms with Crippen molar-refractivity contribution >= 4 is 15.6 Å². The van der Waals surface area contributed by atoms with E-state index in [1.807, 2.05) is 0 Å². The molecule has 0 N–H and O–H groups in total. The van der Waals surface area contributed by atoms with Gasteiger partial charge in [-0.3, -0.25) is 0 Å². The average molecular weight is 345 g/mol. The molecule has 0 atom stereocenters. The van der Waals surface area contributed by atoms with Crippen molar-refractivity contribution in [2.24, 2.45) is 0 Å². The Kier molecular flexibility index (Phi) is 17.4. The summed E-state index contributed by atoms with van der Waals surface area (Å²) in [7, 11) is -10.8. The fourth-order valence-electron chi connectivity index (χ4n) is 0. The van der Waals surface area contributed by atoms with Crippen molar-refractivity contribution in [2.45, 2.75) is 0 Å². The van der Waals surface area contributed by atoms with Crippen molar-refractivity contribution in [3.05, 3.63) is 0 Å². The van der Waals surface area contributed by atoms with E-state index in [-0.39, 0.29) is 37.6 Å². The van der Waals surface area contributed by atoms with Crippen LogP contribution >= 0.6 is 15.6 Å². The number of hydrogen-bond acceptors (Lipinski definition) is 8. The van der Waals surface area contributed by atoms with Gasteiger partial charge < -0.3 is 38.5 Å². The Labute approximate surface area is 91.7 Å². The van der Waals surface area contributed by atoms with Crippen molar-refractivity contribution in [1.82, 2.24) is 0 Å². The standard InChI is InChI=1S/Mo.Ni.2H3O4P/c;;2*1-5(2,3)4/h;;2*(H3,1,2,3,4)/p-6. The van der Waals surface area contributed by atoms with E-state index in [0.29, 0.717) is 0 Å². The second-order valence-corrected chi connectivity index (χ2v) is 2.68. The maximum atomic E-state index is 8.55. The summed E-state index contributed by atoms with van der Waals surface area (Å²) in [6.07, 6.45) is 0. The smallest absolute Gasteiger partial charge is 0 e. The van der Waals surface area contributed by atoms with Gasteiger partial charge in [-0.25, -0.2) is 0 Å². The quantitative estimate of drug-likeness (QED) is 0.309. The number of rotatable bonds is 0. The zero-order chi connectivity index (χ0) is 9.00. The van der Waals surface area contributed by atoms with Gasteiger partial charge in [-0.1, -0.05) is 0 Å². The molecular formula is MoNiO8P2-6. The van der Waals surface area contributed by atoms with Crippen LogP contribution in [0.4, 0.5) is 0 Å². The molecule has 12 heteroatoms. The predicted octanol–water partition coefficient (Wildman–Crippen LogP) is -5.65. The molecule has 0 aromatic heterocycles. The monoisotopic (exact) mass is 346 g/mol. The fraction of sp³-hybridized carbons (Fsp3) is 0. The third-order valence-electron chi connectivity index (χ3n) is 0. The van der Waals surface area contributed by atoms with Crippen LogP contribution in [0.25, 0.3) is 0 Å². The van der Waals surface area contributed by atoms with Crippen LogP contribution in [0.5, 0.6) is 0 Å². The molecule has 0 amide bonds. The van der Waals surface area contributed by atoms with Crippen LogP contribution in [0.15, 0.2) is 0 Å². The maximum absolute atomic E-state index is 8.55. The Balaban J connectivity index is -0.0000000457. The van der Waals surface area contributed by atoms with Crippen LogP contribution in [0, 0.1) is 0 Å². The summed E-state index contributed by atoms with van der Waals surface area (Å²) < 4.78 is 17.1. The summed E-state index contributed by atoms with van der Waals surface area (Å²) in [6, 6.07) is 0. The number of phosphoric acid groups is 2. The average Bonchev–Trinajstić information content (AvgIpc) is 1.12. The van der Waals surface area contributed by atoms with E-state index in [2.05, 4.69) is 0 Å². The zero-order valence-electron chi connectivity index (χ0n) is 4.88. The van der Waals surface area contributed by atoms with Gasteiger partial charge >= 0.3 is 0 Å². The van der Waals surface area contributed by atoms with Crippen LogP contribution < -0.4 is 29.4 Å². The molecule has 0 aliphatic carbocycles. The first-order chi connectivity index (χ1) is 4.00. The van der Waals surface area contributed by atoms with Crippen LogP contribution in [0.1, 0.15) is 0 Å². The summed E-state index contributed by atoms with van der Waals surface area (Å²) >= 11 is 0. The van der Waals surface area contributed by atoms with Crippen molar-refractivity contribution in [2.75, 3.05) is 0 Å². The molecule has 80 valence electrons. The van der Waals surface area contributed by atoms with Gasteiger partial charge in [0.1, 0.15) is 0 Å². The molecule has 0 saturated carbocycles. The van der Waals surface area contributed by atoms with E-state index in [9.17, 15) is 0 Å². The zero-order valence-corrected chi connectivity index (χ0v) is 9.67. The molecule has 0 heterocycles. The maximum Gasteiger partial charge on any atom is 0 e. The van der Waals surface area contributed by atoms with Gasteiger partial charge in [0.25, 0.3) is 0 Å². The van der Waals surface area contributed by atoms with Crippen molar-refractivity contribution in [1.29, 1.82) is 0 Å². The van der Waals surface area contributed by atoms with Crippen molar-refractivity contribution in [3.63, 3.8) is 0 Å². The summed E-state index contributed by atoms with van der Waals surface area (Å²) in [5, 5.41) is 0. The first-order valence-corrected chi connectivity index (χ1v) is 4.38. The molecule has 0 unspecified atom stereocenters. The molecule has 0 fully saturated rings. The molecule has 0 radical (unpaired) electrons. The van der Waals surface area contributed by atoms with Gasteiger partial charge in [0.2, 0.25) is 0 Å². The van der Waals surface area contributed by atoms with E-state index in [4.69, 9.17) is 38.5 Å². The van der Waals surface area contributed by atoms with Gasteiger partial charge in [-0.15, -0.1) is 0 Å². The fourth-order valence-corrected chi connectivity index (χ4v) is 0. The van der Waals surface area contributed by atoms with Gasteiger partial charge in [-0.2, -0.15) is 15.6 Å². The Morgan fingerprint density at radius 3 is 0.667 bits per heavy atom. The minimum atomic E-state index is -5.39. The Hall–Kier alpha value is 1.40. The normalized spacial score (nSPS) is 9.83. The molecule has 0 aromatic carbocycles. The number of hydrogen-bond donors (Lipinski definition) is 0. The first-order valence-electron chi connectivity index (χ1n) is 1.46. The molecule has 0 saturated heterocycles. The van der Waals surface area contributed by atoms with Gasteiger partial charge in [0, 0.05) is 37.6 Å². The summed E-state index contributed by atoms with van der Waals surface area (Å²) in [4.78, 5) is 51.3.